The van der Waals surface area contributed by atoms with E-state index in [1.54, 1.807) is 0 Å². The van der Waals surface area contributed by atoms with Crippen molar-refractivity contribution in [3.8, 4) is 0 Å². The van der Waals surface area contributed by atoms with E-state index in [1.807, 2.05) is 0 Å². The normalized spacial score (nSPS) is 34.8. The van der Waals surface area contributed by atoms with Gasteiger partial charge in [0.05, 0.1) is 6.04 Å². The van der Waals surface area contributed by atoms with Crippen LogP contribution in [0.5, 0.6) is 0 Å². The number of hydrogen-bond acceptors (Lipinski definition) is 1. The molecule has 4 atom stereocenters. The first-order valence-electron chi connectivity index (χ1n) is 8.64. The minimum Gasteiger partial charge on any atom is -0.361 e. The highest BCUT2D eigenvalue weighted by molar-refractivity contribution is 5.89. The zero-order valence-corrected chi connectivity index (χ0v) is 14.4. The second-order valence-electron chi connectivity index (χ2n) is 8.20. The van der Waals surface area contributed by atoms with Gasteiger partial charge in [0.15, 0.2) is 0 Å². The van der Waals surface area contributed by atoms with Gasteiger partial charge in [-0.2, -0.15) is 0 Å². The third kappa shape index (κ3) is 1.72. The van der Waals surface area contributed by atoms with Crippen LogP contribution in [0.4, 0.5) is 0 Å². The molecule has 0 amide bonds. The van der Waals surface area contributed by atoms with Crippen molar-refractivity contribution in [2.24, 2.45) is 16.3 Å². The second kappa shape index (κ2) is 4.59. The van der Waals surface area contributed by atoms with E-state index in [4.69, 9.17) is 0 Å². The average Bonchev–Trinajstić information content (AvgIpc) is 2.97. The molecule has 1 aromatic carbocycles. The van der Waals surface area contributed by atoms with Crippen LogP contribution in [0, 0.1) is 11.3 Å². The Morgan fingerprint density at radius 2 is 2.09 bits per heavy atom. The summed E-state index contributed by atoms with van der Waals surface area (Å²) < 4.78 is 0. The molecule has 0 saturated heterocycles. The fourth-order valence-electron chi connectivity index (χ4n) is 5.38. The summed E-state index contributed by atoms with van der Waals surface area (Å²) in [5.74, 6) is 1.02. The Balaban J connectivity index is 2.02. The summed E-state index contributed by atoms with van der Waals surface area (Å²) >= 11 is 0. The monoisotopic (exact) mass is 306 g/mol. The van der Waals surface area contributed by atoms with Crippen LogP contribution < -0.4 is 0 Å². The Morgan fingerprint density at radius 1 is 1.30 bits per heavy atom. The van der Waals surface area contributed by atoms with Gasteiger partial charge in [-0.25, -0.2) is 0 Å². The summed E-state index contributed by atoms with van der Waals surface area (Å²) in [6, 6.07) is 6.88. The Labute approximate surface area is 138 Å². The number of rotatable bonds is 2. The zero-order chi connectivity index (χ0) is 16.4. The van der Waals surface area contributed by atoms with Gasteiger partial charge >= 0.3 is 0 Å². The standard InChI is InChI=1S/C21H26N2/c1-6-21(4)11-10-15-18(19(21)22-5)13-12-23-16-9-7-8-14(17(13)16)20(15,2)3/h6-9,12,15,18-19,23H,1,5,10-11H2,2-4H3/t15-,18+,19-,21+/m1/s1. The molecule has 2 heteroatoms. The van der Waals surface area contributed by atoms with E-state index in [0.29, 0.717) is 11.8 Å². The van der Waals surface area contributed by atoms with Gasteiger partial charge < -0.3 is 4.98 Å². The lowest BCUT2D eigenvalue weighted by atomic mass is 9.51. The molecule has 2 aliphatic carbocycles. The van der Waals surface area contributed by atoms with E-state index in [0.717, 1.165) is 6.42 Å². The van der Waals surface area contributed by atoms with Gasteiger partial charge in [0.1, 0.15) is 0 Å². The van der Waals surface area contributed by atoms with Gasteiger partial charge in [-0.05, 0) is 48.1 Å². The molecule has 2 nitrogen and oxygen atoms in total. The minimum atomic E-state index is 0.0366. The van der Waals surface area contributed by atoms with Gasteiger partial charge in [-0.1, -0.05) is 39.0 Å². The molecular formula is C21H26N2. The van der Waals surface area contributed by atoms with Crippen molar-refractivity contribution >= 4 is 17.6 Å². The minimum absolute atomic E-state index is 0.0366. The molecule has 0 spiro atoms. The molecule has 1 saturated carbocycles. The highest BCUT2D eigenvalue weighted by Crippen LogP contribution is 2.59. The Kier molecular flexibility index (Phi) is 2.94. The molecule has 120 valence electrons. The van der Waals surface area contributed by atoms with Crippen LogP contribution in [0.25, 0.3) is 10.9 Å². The van der Waals surface area contributed by atoms with Gasteiger partial charge in [-0.15, -0.1) is 6.58 Å². The highest BCUT2D eigenvalue weighted by atomic mass is 14.8. The molecule has 0 unspecified atom stereocenters. The summed E-state index contributed by atoms with van der Waals surface area (Å²) in [6.45, 7) is 15.2. The van der Waals surface area contributed by atoms with Crippen molar-refractivity contribution in [2.45, 2.75) is 51.0 Å². The molecule has 1 fully saturated rings. The molecule has 2 aromatic rings. The predicted molar refractivity (Wildman–Crippen MR) is 98.4 cm³/mol. The fraction of sp³-hybridized carbons (Fsp3) is 0.476. The topological polar surface area (TPSA) is 28.1 Å². The van der Waals surface area contributed by atoms with E-state index < -0.39 is 0 Å². The molecule has 1 heterocycles. The maximum Gasteiger partial charge on any atom is 0.0652 e. The smallest absolute Gasteiger partial charge is 0.0652 e. The van der Waals surface area contributed by atoms with E-state index in [1.165, 1.54) is 28.5 Å². The largest absolute Gasteiger partial charge is 0.361 e. The van der Waals surface area contributed by atoms with Crippen LogP contribution in [0.2, 0.25) is 0 Å². The molecular weight excluding hydrogens is 280 g/mol. The van der Waals surface area contributed by atoms with Crippen molar-refractivity contribution < 1.29 is 0 Å². The second-order valence-corrected chi connectivity index (χ2v) is 8.20. The van der Waals surface area contributed by atoms with Crippen LogP contribution in [-0.2, 0) is 5.41 Å². The lowest BCUT2D eigenvalue weighted by Crippen LogP contribution is -2.49. The zero-order valence-electron chi connectivity index (χ0n) is 14.4. The molecule has 0 aliphatic heterocycles. The van der Waals surface area contributed by atoms with Crippen molar-refractivity contribution in [1.82, 2.24) is 4.98 Å². The van der Waals surface area contributed by atoms with Crippen molar-refractivity contribution in [3.05, 3.63) is 48.2 Å². The van der Waals surface area contributed by atoms with Crippen molar-refractivity contribution in [1.29, 1.82) is 0 Å². The summed E-state index contributed by atoms with van der Waals surface area (Å²) in [7, 11) is 0. The summed E-state index contributed by atoms with van der Waals surface area (Å²) in [5, 5.41) is 1.42. The lowest BCUT2D eigenvalue weighted by molar-refractivity contribution is 0.104. The lowest BCUT2D eigenvalue weighted by Gasteiger charge is -2.54. The number of aromatic nitrogens is 1. The Bertz CT molecular complexity index is 797. The Hall–Kier alpha value is -1.83. The van der Waals surface area contributed by atoms with Crippen molar-refractivity contribution in [3.63, 3.8) is 0 Å². The van der Waals surface area contributed by atoms with Gasteiger partial charge in [0, 0.05) is 28.4 Å². The van der Waals surface area contributed by atoms with Crippen LogP contribution in [-0.4, -0.2) is 17.7 Å². The van der Waals surface area contributed by atoms with Gasteiger partial charge in [0.25, 0.3) is 0 Å². The van der Waals surface area contributed by atoms with Gasteiger partial charge in [-0.3, -0.25) is 4.99 Å². The molecule has 0 bridgehead atoms. The van der Waals surface area contributed by atoms with Crippen LogP contribution in [0.15, 0.2) is 42.0 Å². The molecule has 1 N–H and O–H groups in total. The summed E-state index contributed by atoms with van der Waals surface area (Å²) in [6.07, 6.45) is 6.68. The summed E-state index contributed by atoms with van der Waals surface area (Å²) in [5.41, 5.74) is 4.36. The summed E-state index contributed by atoms with van der Waals surface area (Å²) in [4.78, 5) is 8.12. The first kappa shape index (κ1) is 14.7. The number of nitrogens with zero attached hydrogens (tertiary/aromatic N) is 1. The SMILES string of the molecule is C=C[C@@]1(C)CC[C@@H]2[C@H](c3c[nH]c4cccc(c34)C2(C)C)[C@H]1N=C. The molecule has 2 aliphatic rings. The maximum atomic E-state index is 4.63. The van der Waals surface area contributed by atoms with Crippen LogP contribution >= 0.6 is 0 Å². The average molecular weight is 306 g/mol. The van der Waals surface area contributed by atoms with Crippen LogP contribution in [0.1, 0.15) is 50.7 Å². The first-order valence-corrected chi connectivity index (χ1v) is 8.64. The quantitative estimate of drug-likeness (QED) is 0.582. The van der Waals surface area contributed by atoms with E-state index >= 15 is 0 Å². The molecule has 4 rings (SSSR count). The van der Waals surface area contributed by atoms with Gasteiger partial charge in [0.2, 0.25) is 0 Å². The van der Waals surface area contributed by atoms with E-state index in [2.05, 4.69) is 74.5 Å². The van der Waals surface area contributed by atoms with Crippen molar-refractivity contribution in [2.75, 3.05) is 0 Å². The number of fused-ring (bicyclic) bond motifs is 2. The molecule has 0 radical (unpaired) electrons. The Morgan fingerprint density at radius 3 is 2.78 bits per heavy atom. The third-order valence-electron chi connectivity index (χ3n) is 6.82. The van der Waals surface area contributed by atoms with E-state index in [-0.39, 0.29) is 16.9 Å². The molecule has 23 heavy (non-hydrogen) atoms. The third-order valence-corrected chi connectivity index (χ3v) is 6.82. The highest BCUT2D eigenvalue weighted by Gasteiger charge is 2.53. The number of nitrogens with one attached hydrogen (secondary N) is 1. The fourth-order valence-corrected chi connectivity index (χ4v) is 5.38. The number of aromatic amines is 1. The molecule has 1 aromatic heterocycles. The number of benzene rings is 1. The number of hydrogen-bond donors (Lipinski definition) is 1. The maximum absolute atomic E-state index is 4.63. The first-order chi connectivity index (χ1) is 10.9. The number of H-pyrrole nitrogens is 1. The number of aliphatic imine (C=N–C) groups is 1. The predicted octanol–water partition coefficient (Wildman–Crippen LogP) is 5.21. The van der Waals surface area contributed by atoms with Crippen LogP contribution in [0.3, 0.4) is 0 Å². The van der Waals surface area contributed by atoms with E-state index in [9.17, 15) is 0 Å².